The molecule has 0 saturated carbocycles. The molecular formula is C10H15NO. The zero-order chi connectivity index (χ0) is 9.19. The average Bonchev–Trinajstić information content (AvgIpc) is 1.91. The van der Waals surface area contributed by atoms with E-state index in [1.165, 1.54) is 5.56 Å². The van der Waals surface area contributed by atoms with Gasteiger partial charge in [0.25, 0.3) is 0 Å². The Morgan fingerprint density at radius 3 is 2.08 bits per heavy atom. The van der Waals surface area contributed by atoms with Crippen molar-refractivity contribution in [2.24, 2.45) is 0 Å². The second kappa shape index (κ2) is 3.15. The summed E-state index contributed by atoms with van der Waals surface area (Å²) in [5.41, 5.74) is 1.30. The van der Waals surface area contributed by atoms with E-state index in [1.54, 1.807) is 13.8 Å². The molecule has 0 radical (unpaired) electrons. The minimum absolute atomic E-state index is 0.852. The highest BCUT2D eigenvalue weighted by Crippen LogP contribution is 2.13. The van der Waals surface area contributed by atoms with E-state index in [0.717, 1.165) is 5.69 Å². The van der Waals surface area contributed by atoms with Crippen molar-refractivity contribution in [3.8, 4) is 0 Å². The van der Waals surface area contributed by atoms with Crippen molar-refractivity contribution in [2.45, 2.75) is 26.5 Å². The first-order valence-electron chi connectivity index (χ1n) is 4.04. The van der Waals surface area contributed by atoms with Crippen LogP contribution in [-0.4, -0.2) is 10.8 Å². The summed E-state index contributed by atoms with van der Waals surface area (Å²) in [5, 5.41) is 12.4. The van der Waals surface area contributed by atoms with Crippen LogP contribution in [0.3, 0.4) is 0 Å². The zero-order valence-corrected chi connectivity index (χ0v) is 7.76. The maximum Gasteiger partial charge on any atom is 0.129 e. The van der Waals surface area contributed by atoms with Gasteiger partial charge in [0.1, 0.15) is 5.72 Å². The van der Waals surface area contributed by atoms with Crippen LogP contribution in [0.1, 0.15) is 19.4 Å². The lowest BCUT2D eigenvalue weighted by Gasteiger charge is -2.20. The molecule has 0 aliphatic rings. The highest BCUT2D eigenvalue weighted by atomic mass is 16.3. The fourth-order valence-corrected chi connectivity index (χ4v) is 0.990. The fourth-order valence-electron chi connectivity index (χ4n) is 0.990. The highest BCUT2D eigenvalue weighted by Gasteiger charge is 2.10. The fraction of sp³-hybridized carbons (Fsp3) is 0.400. The monoisotopic (exact) mass is 165 g/mol. The van der Waals surface area contributed by atoms with Crippen LogP contribution in [0.25, 0.3) is 0 Å². The van der Waals surface area contributed by atoms with Gasteiger partial charge in [0.05, 0.1) is 0 Å². The summed E-state index contributed by atoms with van der Waals surface area (Å²) >= 11 is 0. The number of aryl methyl sites for hydroxylation is 1. The molecular weight excluding hydrogens is 150 g/mol. The van der Waals surface area contributed by atoms with Crippen LogP contribution in [0.15, 0.2) is 24.3 Å². The summed E-state index contributed by atoms with van der Waals surface area (Å²) < 4.78 is 0. The standard InChI is InChI=1S/C10H15NO/c1-8-4-6-9(7-5-8)11-10(2,3)12/h4-7,11-12H,1-3H3. The minimum atomic E-state index is -0.852. The van der Waals surface area contributed by atoms with Gasteiger partial charge in [-0.15, -0.1) is 0 Å². The lowest BCUT2D eigenvalue weighted by atomic mass is 10.2. The molecule has 0 atom stereocenters. The van der Waals surface area contributed by atoms with Crippen molar-refractivity contribution in [1.29, 1.82) is 0 Å². The van der Waals surface area contributed by atoms with E-state index in [4.69, 9.17) is 0 Å². The molecule has 12 heavy (non-hydrogen) atoms. The summed E-state index contributed by atoms with van der Waals surface area (Å²) in [4.78, 5) is 0. The van der Waals surface area contributed by atoms with Crippen molar-refractivity contribution < 1.29 is 5.11 Å². The van der Waals surface area contributed by atoms with Gasteiger partial charge >= 0.3 is 0 Å². The zero-order valence-electron chi connectivity index (χ0n) is 7.76. The van der Waals surface area contributed by atoms with Crippen LogP contribution in [0, 0.1) is 6.92 Å². The molecule has 1 rings (SSSR count). The first kappa shape index (κ1) is 9.07. The van der Waals surface area contributed by atoms with Crippen molar-refractivity contribution in [3.63, 3.8) is 0 Å². The molecule has 0 aliphatic heterocycles. The Kier molecular flexibility index (Phi) is 2.38. The maximum atomic E-state index is 9.43. The van der Waals surface area contributed by atoms with Gasteiger partial charge in [-0.05, 0) is 32.9 Å². The van der Waals surface area contributed by atoms with Crippen molar-refractivity contribution in [1.82, 2.24) is 0 Å². The number of anilines is 1. The Morgan fingerprint density at radius 2 is 1.67 bits per heavy atom. The Labute approximate surface area is 73.2 Å². The van der Waals surface area contributed by atoms with E-state index in [-0.39, 0.29) is 0 Å². The number of hydrogen-bond donors (Lipinski definition) is 2. The SMILES string of the molecule is Cc1ccc(NC(C)(C)O)cc1. The van der Waals surface area contributed by atoms with Crippen LogP contribution >= 0.6 is 0 Å². The average molecular weight is 165 g/mol. The molecule has 0 saturated heterocycles. The van der Waals surface area contributed by atoms with Gasteiger partial charge in [-0.1, -0.05) is 17.7 Å². The molecule has 0 amide bonds. The molecule has 0 spiro atoms. The van der Waals surface area contributed by atoms with E-state index in [0.29, 0.717) is 0 Å². The van der Waals surface area contributed by atoms with E-state index < -0.39 is 5.72 Å². The lowest BCUT2D eigenvalue weighted by Crippen LogP contribution is -2.29. The summed E-state index contributed by atoms with van der Waals surface area (Å²) in [5.74, 6) is 0. The van der Waals surface area contributed by atoms with Crippen LogP contribution < -0.4 is 5.32 Å². The van der Waals surface area contributed by atoms with Gasteiger partial charge in [0.2, 0.25) is 0 Å². The summed E-state index contributed by atoms with van der Waals surface area (Å²) in [7, 11) is 0. The topological polar surface area (TPSA) is 32.3 Å². The molecule has 1 aromatic rings. The molecule has 0 heterocycles. The molecule has 0 aromatic heterocycles. The third-order valence-electron chi connectivity index (χ3n) is 1.50. The van der Waals surface area contributed by atoms with Gasteiger partial charge in [0, 0.05) is 5.69 Å². The van der Waals surface area contributed by atoms with Gasteiger partial charge < -0.3 is 10.4 Å². The van der Waals surface area contributed by atoms with Crippen LogP contribution in [0.4, 0.5) is 5.69 Å². The quantitative estimate of drug-likeness (QED) is 0.658. The number of nitrogens with one attached hydrogen (secondary N) is 1. The molecule has 0 unspecified atom stereocenters. The molecule has 2 N–H and O–H groups in total. The predicted octanol–water partition coefficient (Wildman–Crippen LogP) is 2.14. The van der Waals surface area contributed by atoms with Crippen molar-refractivity contribution >= 4 is 5.69 Å². The van der Waals surface area contributed by atoms with Crippen molar-refractivity contribution in [3.05, 3.63) is 29.8 Å². The molecule has 66 valence electrons. The van der Waals surface area contributed by atoms with E-state index in [1.807, 2.05) is 31.2 Å². The smallest absolute Gasteiger partial charge is 0.129 e. The maximum absolute atomic E-state index is 9.43. The van der Waals surface area contributed by atoms with E-state index >= 15 is 0 Å². The largest absolute Gasteiger partial charge is 0.372 e. The number of hydrogen-bond acceptors (Lipinski definition) is 2. The van der Waals surface area contributed by atoms with Gasteiger partial charge in [-0.25, -0.2) is 0 Å². The Bertz CT molecular complexity index is 246. The number of aliphatic hydroxyl groups is 1. The van der Waals surface area contributed by atoms with Crippen LogP contribution in [-0.2, 0) is 0 Å². The van der Waals surface area contributed by atoms with Gasteiger partial charge in [-0.3, -0.25) is 0 Å². The summed E-state index contributed by atoms with van der Waals surface area (Å²) in [6, 6.07) is 7.92. The second-order valence-electron chi connectivity index (χ2n) is 3.55. The number of benzene rings is 1. The third-order valence-corrected chi connectivity index (χ3v) is 1.50. The lowest BCUT2D eigenvalue weighted by molar-refractivity contribution is 0.111. The first-order chi connectivity index (χ1) is 5.47. The van der Waals surface area contributed by atoms with Crippen LogP contribution in [0.2, 0.25) is 0 Å². The Hall–Kier alpha value is -1.02. The van der Waals surface area contributed by atoms with Crippen molar-refractivity contribution in [2.75, 3.05) is 5.32 Å². The Balaban J connectivity index is 2.71. The minimum Gasteiger partial charge on any atom is -0.372 e. The summed E-state index contributed by atoms with van der Waals surface area (Å²) in [6.07, 6.45) is 0. The summed E-state index contributed by atoms with van der Waals surface area (Å²) in [6.45, 7) is 5.47. The van der Waals surface area contributed by atoms with Gasteiger partial charge in [0.15, 0.2) is 0 Å². The van der Waals surface area contributed by atoms with Crippen LogP contribution in [0.5, 0.6) is 0 Å². The Morgan fingerprint density at radius 1 is 1.17 bits per heavy atom. The first-order valence-corrected chi connectivity index (χ1v) is 4.04. The molecule has 2 nitrogen and oxygen atoms in total. The highest BCUT2D eigenvalue weighted by molar-refractivity contribution is 5.45. The molecule has 2 heteroatoms. The molecule has 0 bridgehead atoms. The number of rotatable bonds is 2. The normalized spacial score (nSPS) is 11.3. The molecule has 0 aliphatic carbocycles. The third kappa shape index (κ3) is 2.93. The van der Waals surface area contributed by atoms with E-state index in [2.05, 4.69) is 5.32 Å². The predicted molar refractivity (Wildman–Crippen MR) is 51.1 cm³/mol. The molecule has 0 fully saturated rings. The second-order valence-corrected chi connectivity index (χ2v) is 3.55. The van der Waals surface area contributed by atoms with Gasteiger partial charge in [-0.2, -0.15) is 0 Å². The molecule has 1 aromatic carbocycles. The van der Waals surface area contributed by atoms with E-state index in [9.17, 15) is 5.11 Å².